The van der Waals surface area contributed by atoms with Gasteiger partial charge in [-0.25, -0.2) is 4.79 Å². The molecular formula is C20H25NO5. The molecule has 1 saturated heterocycles. The lowest BCUT2D eigenvalue weighted by atomic mass is 9.99. The molecule has 0 N–H and O–H groups in total. The molecule has 0 spiro atoms. The van der Waals surface area contributed by atoms with Crippen molar-refractivity contribution in [3.05, 3.63) is 29.5 Å². The third kappa shape index (κ3) is 3.54. The van der Waals surface area contributed by atoms with Crippen molar-refractivity contribution >= 4 is 22.8 Å². The minimum atomic E-state index is -0.835. The molecule has 3 rings (SSSR count). The van der Waals surface area contributed by atoms with Crippen molar-refractivity contribution in [2.45, 2.75) is 39.7 Å². The SMILES string of the molecule is COc1ccc2oc(C(=O)O[C@@H](C)C(=O)N3CCC(C)CC3)c(C)c2c1. The molecule has 2 heterocycles. The second kappa shape index (κ2) is 7.40. The number of methoxy groups -OCH3 is 1. The van der Waals surface area contributed by atoms with E-state index in [-0.39, 0.29) is 11.7 Å². The van der Waals surface area contributed by atoms with Gasteiger partial charge in [0.15, 0.2) is 6.10 Å². The molecule has 1 amide bonds. The van der Waals surface area contributed by atoms with Crippen LogP contribution in [0.15, 0.2) is 22.6 Å². The second-order valence-electron chi connectivity index (χ2n) is 6.97. The van der Waals surface area contributed by atoms with Crippen molar-refractivity contribution in [1.29, 1.82) is 0 Å². The van der Waals surface area contributed by atoms with Gasteiger partial charge >= 0.3 is 5.97 Å². The Bertz CT molecular complexity index is 817. The summed E-state index contributed by atoms with van der Waals surface area (Å²) in [6, 6.07) is 5.33. The lowest BCUT2D eigenvalue weighted by Crippen LogP contribution is -2.44. The van der Waals surface area contributed by atoms with Crippen LogP contribution in [0.4, 0.5) is 0 Å². The number of amides is 1. The molecule has 1 aliphatic heterocycles. The monoisotopic (exact) mass is 359 g/mol. The standard InChI is InChI=1S/C20H25NO5/c1-12-7-9-21(10-8-12)19(22)14(3)25-20(23)18-13(2)16-11-15(24-4)5-6-17(16)26-18/h5-6,11-12,14H,7-10H2,1-4H3/t14-/m0/s1. The number of nitrogens with zero attached hydrogens (tertiary/aromatic N) is 1. The first kappa shape index (κ1) is 18.3. The molecule has 0 aliphatic carbocycles. The van der Waals surface area contributed by atoms with Crippen LogP contribution in [0.25, 0.3) is 11.0 Å². The fourth-order valence-electron chi connectivity index (χ4n) is 3.27. The van der Waals surface area contributed by atoms with Crippen LogP contribution in [0.1, 0.15) is 42.8 Å². The lowest BCUT2D eigenvalue weighted by molar-refractivity contribution is -0.141. The summed E-state index contributed by atoms with van der Waals surface area (Å²) in [7, 11) is 1.58. The highest BCUT2D eigenvalue weighted by Crippen LogP contribution is 2.29. The van der Waals surface area contributed by atoms with Crippen LogP contribution in [-0.4, -0.2) is 43.1 Å². The maximum Gasteiger partial charge on any atom is 0.375 e. The Hall–Kier alpha value is -2.50. The summed E-state index contributed by atoms with van der Waals surface area (Å²) in [4.78, 5) is 26.8. The number of carbonyl (C=O) groups is 2. The van der Waals surface area contributed by atoms with E-state index in [0.29, 0.717) is 35.9 Å². The van der Waals surface area contributed by atoms with Crippen LogP contribution >= 0.6 is 0 Å². The summed E-state index contributed by atoms with van der Waals surface area (Å²) in [6.07, 6.45) is 1.13. The maximum absolute atomic E-state index is 12.5. The van der Waals surface area contributed by atoms with Crippen molar-refractivity contribution < 1.29 is 23.5 Å². The molecule has 6 nitrogen and oxygen atoms in total. The molecule has 0 radical (unpaired) electrons. The zero-order valence-corrected chi connectivity index (χ0v) is 15.7. The van der Waals surface area contributed by atoms with Crippen LogP contribution < -0.4 is 4.74 Å². The minimum absolute atomic E-state index is 0.125. The minimum Gasteiger partial charge on any atom is -0.497 e. The maximum atomic E-state index is 12.5. The zero-order valence-electron chi connectivity index (χ0n) is 15.7. The Kier molecular flexibility index (Phi) is 5.20. The van der Waals surface area contributed by atoms with Gasteiger partial charge in [-0.1, -0.05) is 6.92 Å². The number of benzene rings is 1. The van der Waals surface area contributed by atoms with Crippen LogP contribution in [0.3, 0.4) is 0 Å². The van der Waals surface area contributed by atoms with Crippen molar-refractivity contribution in [3.63, 3.8) is 0 Å². The predicted octanol–water partition coefficient (Wildman–Crippen LogP) is 3.55. The molecule has 1 aromatic heterocycles. The molecule has 1 aromatic carbocycles. The quantitative estimate of drug-likeness (QED) is 0.781. The average molecular weight is 359 g/mol. The number of likely N-dealkylation sites (tertiary alicyclic amines) is 1. The number of fused-ring (bicyclic) bond motifs is 1. The van der Waals surface area contributed by atoms with Crippen molar-refractivity contribution in [1.82, 2.24) is 4.90 Å². The number of hydrogen-bond donors (Lipinski definition) is 0. The molecule has 2 aromatic rings. The van der Waals surface area contributed by atoms with E-state index in [1.807, 2.05) is 6.07 Å². The summed E-state index contributed by atoms with van der Waals surface area (Å²) in [6.45, 7) is 7.01. The number of ether oxygens (including phenoxy) is 2. The highest BCUT2D eigenvalue weighted by Gasteiger charge is 2.29. The van der Waals surface area contributed by atoms with Gasteiger partial charge in [-0.15, -0.1) is 0 Å². The molecular weight excluding hydrogens is 334 g/mol. The van der Waals surface area contributed by atoms with E-state index in [9.17, 15) is 9.59 Å². The van der Waals surface area contributed by atoms with Gasteiger partial charge in [0.2, 0.25) is 5.76 Å². The van der Waals surface area contributed by atoms with Crippen molar-refractivity contribution in [2.75, 3.05) is 20.2 Å². The molecule has 26 heavy (non-hydrogen) atoms. The van der Waals surface area contributed by atoms with Gasteiger partial charge in [0, 0.05) is 24.0 Å². The number of rotatable bonds is 4. The number of hydrogen-bond acceptors (Lipinski definition) is 5. The van der Waals surface area contributed by atoms with Gasteiger partial charge < -0.3 is 18.8 Å². The smallest absolute Gasteiger partial charge is 0.375 e. The van der Waals surface area contributed by atoms with E-state index in [4.69, 9.17) is 13.9 Å². The molecule has 1 fully saturated rings. The van der Waals surface area contributed by atoms with E-state index in [1.165, 1.54) is 0 Å². The average Bonchev–Trinajstić information content (AvgIpc) is 2.98. The third-order valence-electron chi connectivity index (χ3n) is 5.06. The Morgan fingerprint density at radius 3 is 2.62 bits per heavy atom. The highest BCUT2D eigenvalue weighted by molar-refractivity contribution is 5.97. The summed E-state index contributed by atoms with van der Waals surface area (Å²) < 4.78 is 16.2. The summed E-state index contributed by atoms with van der Waals surface area (Å²) >= 11 is 0. The normalized spacial score (nSPS) is 16.5. The molecule has 0 bridgehead atoms. The van der Waals surface area contributed by atoms with Crippen LogP contribution in [0.5, 0.6) is 5.75 Å². The molecule has 6 heteroatoms. The third-order valence-corrected chi connectivity index (χ3v) is 5.06. The lowest BCUT2D eigenvalue weighted by Gasteiger charge is -2.31. The summed E-state index contributed by atoms with van der Waals surface area (Å²) in [5, 5.41) is 0.792. The Labute approximate surface area is 153 Å². The number of piperidine rings is 1. The largest absolute Gasteiger partial charge is 0.497 e. The van der Waals surface area contributed by atoms with Gasteiger partial charge in [0.1, 0.15) is 11.3 Å². The predicted molar refractivity (Wildman–Crippen MR) is 97.4 cm³/mol. The van der Waals surface area contributed by atoms with E-state index in [0.717, 1.165) is 18.2 Å². The van der Waals surface area contributed by atoms with Gasteiger partial charge in [-0.3, -0.25) is 4.79 Å². The molecule has 140 valence electrons. The Balaban J connectivity index is 1.72. The van der Waals surface area contributed by atoms with Gasteiger partial charge in [-0.2, -0.15) is 0 Å². The van der Waals surface area contributed by atoms with E-state index < -0.39 is 12.1 Å². The van der Waals surface area contributed by atoms with Crippen molar-refractivity contribution in [2.24, 2.45) is 5.92 Å². The fraction of sp³-hybridized carbons (Fsp3) is 0.500. The molecule has 1 aliphatic rings. The van der Waals surface area contributed by atoms with Crippen LogP contribution in [0, 0.1) is 12.8 Å². The summed E-state index contributed by atoms with van der Waals surface area (Å²) in [5.41, 5.74) is 1.26. The van der Waals surface area contributed by atoms with E-state index in [1.54, 1.807) is 38.0 Å². The van der Waals surface area contributed by atoms with Crippen LogP contribution in [0.2, 0.25) is 0 Å². The van der Waals surface area contributed by atoms with Crippen molar-refractivity contribution in [3.8, 4) is 5.75 Å². The number of esters is 1. The van der Waals surface area contributed by atoms with Gasteiger partial charge in [0.25, 0.3) is 5.91 Å². The fourth-order valence-corrected chi connectivity index (χ4v) is 3.27. The Morgan fingerprint density at radius 2 is 1.96 bits per heavy atom. The van der Waals surface area contributed by atoms with E-state index in [2.05, 4.69) is 6.92 Å². The topological polar surface area (TPSA) is 69.0 Å². The zero-order chi connectivity index (χ0) is 18.8. The highest BCUT2D eigenvalue weighted by atomic mass is 16.6. The van der Waals surface area contributed by atoms with E-state index >= 15 is 0 Å². The number of carbonyl (C=O) groups excluding carboxylic acids is 2. The first-order valence-corrected chi connectivity index (χ1v) is 8.97. The molecule has 1 atom stereocenters. The summed E-state index contributed by atoms with van der Waals surface area (Å²) in [5.74, 6) is 0.668. The first-order valence-electron chi connectivity index (χ1n) is 8.97. The van der Waals surface area contributed by atoms with Gasteiger partial charge in [0.05, 0.1) is 7.11 Å². The number of aryl methyl sites for hydroxylation is 1. The van der Waals surface area contributed by atoms with Gasteiger partial charge in [-0.05, 0) is 50.8 Å². The second-order valence-corrected chi connectivity index (χ2v) is 6.97. The van der Waals surface area contributed by atoms with Crippen LogP contribution in [-0.2, 0) is 9.53 Å². The number of furan rings is 1. The first-order chi connectivity index (χ1) is 12.4. The Morgan fingerprint density at radius 1 is 1.27 bits per heavy atom. The molecule has 0 saturated carbocycles. The molecule has 0 unspecified atom stereocenters.